The lowest BCUT2D eigenvalue weighted by molar-refractivity contribution is -0.145. The summed E-state index contributed by atoms with van der Waals surface area (Å²) in [5, 5.41) is 5.39. The van der Waals surface area contributed by atoms with Gasteiger partial charge in [0, 0.05) is 19.3 Å². The maximum Gasteiger partial charge on any atom is 0.329 e. The van der Waals surface area contributed by atoms with Gasteiger partial charge in [0.15, 0.2) is 0 Å². The molecule has 0 radical (unpaired) electrons. The average molecular weight is 463 g/mol. The standard InChI is InChI=1S/C27H27FN2O4/c1-18(31)29-23(17-19-10-9-15-22(28)16-19)26(32)30-25(27(33)34-2)24(20-11-5-3-6-12-20)21-13-7-4-8-14-21/h3-16,23-25H,17H2,1-2H3,(H,29,31)(H,30,32)/t23-,25+/m0/s1. The highest BCUT2D eigenvalue weighted by atomic mass is 19.1. The van der Waals surface area contributed by atoms with Gasteiger partial charge >= 0.3 is 5.97 Å². The molecule has 0 spiro atoms. The molecular weight excluding hydrogens is 435 g/mol. The Morgan fingerprint density at radius 2 is 1.44 bits per heavy atom. The van der Waals surface area contributed by atoms with Crippen LogP contribution >= 0.6 is 0 Å². The largest absolute Gasteiger partial charge is 0.467 e. The van der Waals surface area contributed by atoms with Crippen LogP contribution in [-0.4, -0.2) is 37.0 Å². The lowest BCUT2D eigenvalue weighted by Crippen LogP contribution is -2.54. The first-order chi connectivity index (χ1) is 16.4. The van der Waals surface area contributed by atoms with E-state index >= 15 is 0 Å². The molecular formula is C27H27FN2O4. The Bertz CT molecular complexity index is 1080. The Morgan fingerprint density at radius 3 is 1.94 bits per heavy atom. The Labute approximate surface area is 198 Å². The summed E-state index contributed by atoms with van der Waals surface area (Å²) >= 11 is 0. The summed E-state index contributed by atoms with van der Waals surface area (Å²) in [6.45, 7) is 1.29. The number of carbonyl (C=O) groups is 3. The molecule has 3 aromatic carbocycles. The topological polar surface area (TPSA) is 84.5 Å². The Morgan fingerprint density at radius 1 is 0.853 bits per heavy atom. The third kappa shape index (κ3) is 6.51. The third-order valence-electron chi connectivity index (χ3n) is 5.43. The van der Waals surface area contributed by atoms with Crippen molar-refractivity contribution in [2.24, 2.45) is 0 Å². The van der Waals surface area contributed by atoms with Crippen LogP contribution in [0.25, 0.3) is 0 Å². The molecule has 2 atom stereocenters. The highest BCUT2D eigenvalue weighted by Crippen LogP contribution is 2.29. The number of rotatable bonds is 9. The van der Waals surface area contributed by atoms with Crippen molar-refractivity contribution in [3.8, 4) is 0 Å². The van der Waals surface area contributed by atoms with E-state index in [0.717, 1.165) is 11.1 Å². The quantitative estimate of drug-likeness (QED) is 0.478. The molecule has 0 aromatic heterocycles. The van der Waals surface area contributed by atoms with Gasteiger partial charge in [-0.3, -0.25) is 9.59 Å². The van der Waals surface area contributed by atoms with E-state index in [1.807, 2.05) is 60.7 Å². The van der Waals surface area contributed by atoms with Crippen LogP contribution < -0.4 is 10.6 Å². The number of benzene rings is 3. The fraction of sp³-hybridized carbons (Fsp3) is 0.222. The highest BCUT2D eigenvalue weighted by molar-refractivity contribution is 5.91. The number of carbonyl (C=O) groups excluding carboxylic acids is 3. The maximum absolute atomic E-state index is 13.7. The van der Waals surface area contributed by atoms with Crippen molar-refractivity contribution in [1.82, 2.24) is 10.6 Å². The number of methoxy groups -OCH3 is 1. The van der Waals surface area contributed by atoms with Gasteiger partial charge in [0.05, 0.1) is 7.11 Å². The van der Waals surface area contributed by atoms with Crippen molar-refractivity contribution in [3.05, 3.63) is 107 Å². The average Bonchev–Trinajstić information content (AvgIpc) is 2.84. The van der Waals surface area contributed by atoms with Crippen LogP contribution in [0.5, 0.6) is 0 Å². The maximum atomic E-state index is 13.7. The van der Waals surface area contributed by atoms with Crippen LogP contribution in [0.15, 0.2) is 84.9 Å². The molecule has 7 heteroatoms. The number of esters is 1. The number of nitrogens with one attached hydrogen (secondary N) is 2. The van der Waals surface area contributed by atoms with E-state index in [0.29, 0.717) is 5.56 Å². The summed E-state index contributed by atoms with van der Waals surface area (Å²) in [5.74, 6) is -2.61. The summed E-state index contributed by atoms with van der Waals surface area (Å²) in [4.78, 5) is 38.1. The van der Waals surface area contributed by atoms with E-state index in [1.165, 1.54) is 32.2 Å². The molecule has 2 amide bonds. The van der Waals surface area contributed by atoms with Crippen molar-refractivity contribution >= 4 is 17.8 Å². The molecule has 0 aliphatic heterocycles. The first-order valence-corrected chi connectivity index (χ1v) is 10.9. The van der Waals surface area contributed by atoms with Gasteiger partial charge in [0.1, 0.15) is 17.9 Å². The van der Waals surface area contributed by atoms with E-state index in [-0.39, 0.29) is 6.42 Å². The predicted molar refractivity (Wildman–Crippen MR) is 126 cm³/mol. The lowest BCUT2D eigenvalue weighted by atomic mass is 9.84. The fourth-order valence-electron chi connectivity index (χ4n) is 3.91. The lowest BCUT2D eigenvalue weighted by Gasteiger charge is -2.29. The Hall–Kier alpha value is -4.00. The molecule has 176 valence electrons. The third-order valence-corrected chi connectivity index (χ3v) is 5.43. The van der Waals surface area contributed by atoms with Crippen molar-refractivity contribution in [1.29, 1.82) is 0 Å². The summed E-state index contributed by atoms with van der Waals surface area (Å²) in [6, 6.07) is 22.4. The minimum atomic E-state index is -1.06. The van der Waals surface area contributed by atoms with Gasteiger partial charge in [0.25, 0.3) is 0 Å². The molecule has 0 unspecified atom stereocenters. The van der Waals surface area contributed by atoms with Crippen LogP contribution in [0, 0.1) is 5.82 Å². The fourth-order valence-corrected chi connectivity index (χ4v) is 3.91. The molecule has 0 aliphatic rings. The van der Waals surface area contributed by atoms with Gasteiger partial charge < -0.3 is 15.4 Å². The van der Waals surface area contributed by atoms with Crippen LogP contribution in [-0.2, 0) is 25.5 Å². The van der Waals surface area contributed by atoms with Crippen LogP contribution in [0.2, 0.25) is 0 Å². The van der Waals surface area contributed by atoms with Crippen molar-refractivity contribution < 1.29 is 23.5 Å². The van der Waals surface area contributed by atoms with Crippen molar-refractivity contribution in [3.63, 3.8) is 0 Å². The normalized spacial score (nSPS) is 12.5. The zero-order valence-electron chi connectivity index (χ0n) is 19.0. The van der Waals surface area contributed by atoms with Crippen LogP contribution in [0.1, 0.15) is 29.5 Å². The SMILES string of the molecule is COC(=O)[C@H](NC(=O)[C@H](Cc1cccc(F)c1)NC(C)=O)C(c1ccccc1)c1ccccc1. The molecule has 3 aromatic rings. The second-order valence-corrected chi connectivity index (χ2v) is 7.90. The second-order valence-electron chi connectivity index (χ2n) is 7.90. The second kappa shape index (κ2) is 11.7. The van der Waals surface area contributed by atoms with E-state index in [9.17, 15) is 18.8 Å². The zero-order chi connectivity index (χ0) is 24.5. The molecule has 0 bridgehead atoms. The molecule has 0 saturated carbocycles. The van der Waals surface area contributed by atoms with E-state index in [1.54, 1.807) is 6.07 Å². The minimum Gasteiger partial charge on any atom is -0.467 e. The number of amides is 2. The zero-order valence-corrected chi connectivity index (χ0v) is 19.0. The minimum absolute atomic E-state index is 0.0540. The highest BCUT2D eigenvalue weighted by Gasteiger charge is 2.35. The first-order valence-electron chi connectivity index (χ1n) is 10.9. The van der Waals surface area contributed by atoms with Gasteiger partial charge in [-0.15, -0.1) is 0 Å². The molecule has 0 fully saturated rings. The van der Waals surface area contributed by atoms with Gasteiger partial charge in [-0.2, -0.15) is 0 Å². The number of hydrogen-bond acceptors (Lipinski definition) is 4. The molecule has 0 heterocycles. The smallest absolute Gasteiger partial charge is 0.329 e. The van der Waals surface area contributed by atoms with Crippen LogP contribution in [0.4, 0.5) is 4.39 Å². The molecule has 34 heavy (non-hydrogen) atoms. The Kier molecular flexibility index (Phi) is 8.51. The van der Waals surface area contributed by atoms with Gasteiger partial charge in [-0.1, -0.05) is 72.8 Å². The van der Waals surface area contributed by atoms with Gasteiger partial charge in [-0.25, -0.2) is 9.18 Å². The summed E-state index contributed by atoms with van der Waals surface area (Å²) in [5.41, 5.74) is 2.16. The van der Waals surface area contributed by atoms with Crippen LogP contribution in [0.3, 0.4) is 0 Å². The number of hydrogen-bond donors (Lipinski definition) is 2. The summed E-state index contributed by atoms with van der Waals surface area (Å²) in [6.07, 6.45) is 0.0540. The Balaban J connectivity index is 1.95. The van der Waals surface area contributed by atoms with E-state index in [2.05, 4.69) is 10.6 Å². The first kappa shape index (κ1) is 24.6. The van der Waals surface area contributed by atoms with Gasteiger partial charge in [-0.05, 0) is 28.8 Å². The van der Waals surface area contributed by atoms with Gasteiger partial charge in [0.2, 0.25) is 11.8 Å². The number of ether oxygens (including phenoxy) is 1. The molecule has 0 saturated heterocycles. The molecule has 3 rings (SSSR count). The molecule has 6 nitrogen and oxygen atoms in total. The van der Waals surface area contributed by atoms with Crippen molar-refractivity contribution in [2.75, 3.05) is 7.11 Å². The number of halogens is 1. The summed E-state index contributed by atoms with van der Waals surface area (Å²) in [7, 11) is 1.26. The monoisotopic (exact) mass is 462 g/mol. The summed E-state index contributed by atoms with van der Waals surface area (Å²) < 4.78 is 18.7. The molecule has 2 N–H and O–H groups in total. The predicted octanol–water partition coefficient (Wildman–Crippen LogP) is 3.36. The van der Waals surface area contributed by atoms with E-state index in [4.69, 9.17) is 4.74 Å². The molecule has 0 aliphatic carbocycles. The van der Waals surface area contributed by atoms with Crippen molar-refractivity contribution in [2.45, 2.75) is 31.3 Å². The van der Waals surface area contributed by atoms with E-state index < -0.39 is 41.6 Å².